The quantitative estimate of drug-likeness (QED) is 0.753. The van der Waals surface area contributed by atoms with Crippen LogP contribution in [0.25, 0.3) is 0 Å². The van der Waals surface area contributed by atoms with Gasteiger partial charge in [0, 0.05) is 12.7 Å². The van der Waals surface area contributed by atoms with Crippen LogP contribution in [0.2, 0.25) is 0 Å². The topological polar surface area (TPSA) is 28.2 Å². The molecule has 84 valence electrons. The van der Waals surface area contributed by atoms with E-state index in [4.69, 9.17) is 0 Å². The van der Waals surface area contributed by atoms with Gasteiger partial charge in [-0.25, -0.2) is 4.39 Å². The fourth-order valence-corrected chi connectivity index (χ4v) is 1.50. The molecule has 3 nitrogen and oxygen atoms in total. The molecule has 0 aliphatic heterocycles. The van der Waals surface area contributed by atoms with Crippen molar-refractivity contribution < 1.29 is 4.39 Å². The van der Waals surface area contributed by atoms with Crippen molar-refractivity contribution in [1.29, 1.82) is 0 Å². The molecule has 0 aromatic carbocycles. The van der Waals surface area contributed by atoms with Crippen molar-refractivity contribution >= 4 is 5.69 Å². The highest BCUT2D eigenvalue weighted by atomic mass is 19.1. The number of rotatable bonds is 5. The van der Waals surface area contributed by atoms with Gasteiger partial charge in [-0.05, 0) is 19.0 Å². The Bertz CT molecular complexity index is 302. The van der Waals surface area contributed by atoms with Gasteiger partial charge in [0.1, 0.15) is 0 Å². The predicted molar refractivity (Wildman–Crippen MR) is 60.3 cm³/mol. The zero-order chi connectivity index (χ0) is 11.3. The van der Waals surface area contributed by atoms with E-state index < -0.39 is 0 Å². The van der Waals surface area contributed by atoms with E-state index in [2.05, 4.69) is 24.1 Å². The minimum Gasteiger partial charge on any atom is -0.356 e. The maximum Gasteiger partial charge on any atom is 0.164 e. The predicted octanol–water partition coefficient (Wildman–Crippen LogP) is 1.86. The summed E-state index contributed by atoms with van der Waals surface area (Å²) in [6.07, 6.45) is 2.86. The summed E-state index contributed by atoms with van der Waals surface area (Å²) in [5, 5.41) is 3.04. The second-order valence-electron chi connectivity index (χ2n) is 3.96. The van der Waals surface area contributed by atoms with Crippen LogP contribution in [0.4, 0.5) is 10.1 Å². The monoisotopic (exact) mass is 211 g/mol. The van der Waals surface area contributed by atoms with E-state index in [9.17, 15) is 4.39 Å². The van der Waals surface area contributed by atoms with Gasteiger partial charge in [0.2, 0.25) is 0 Å². The molecule has 0 saturated carbocycles. The minimum absolute atomic E-state index is 0.270. The molecule has 0 bridgehead atoms. The van der Waals surface area contributed by atoms with E-state index in [1.165, 1.54) is 6.20 Å². The van der Waals surface area contributed by atoms with Crippen molar-refractivity contribution in [2.24, 2.45) is 5.92 Å². The summed E-state index contributed by atoms with van der Waals surface area (Å²) >= 11 is 0. The van der Waals surface area contributed by atoms with Crippen LogP contribution in [-0.4, -0.2) is 25.2 Å². The Balaban J connectivity index is 2.83. The molecule has 0 aliphatic carbocycles. The molecule has 0 unspecified atom stereocenters. The third-order valence-corrected chi connectivity index (χ3v) is 2.03. The van der Waals surface area contributed by atoms with Gasteiger partial charge in [0.15, 0.2) is 5.82 Å². The zero-order valence-electron chi connectivity index (χ0n) is 9.50. The lowest BCUT2D eigenvalue weighted by atomic mass is 10.2. The van der Waals surface area contributed by atoms with Crippen molar-refractivity contribution in [1.82, 2.24) is 10.3 Å². The van der Waals surface area contributed by atoms with Crippen molar-refractivity contribution in [3.05, 3.63) is 24.3 Å². The number of hydrogen-bond donors (Lipinski definition) is 1. The third kappa shape index (κ3) is 3.47. The average Bonchev–Trinajstić information content (AvgIpc) is 2.17. The molecule has 4 heteroatoms. The summed E-state index contributed by atoms with van der Waals surface area (Å²) in [6, 6.07) is 1.70. The van der Waals surface area contributed by atoms with Crippen molar-refractivity contribution in [3.63, 3.8) is 0 Å². The largest absolute Gasteiger partial charge is 0.356 e. The lowest BCUT2D eigenvalue weighted by Crippen LogP contribution is -2.35. The second-order valence-corrected chi connectivity index (χ2v) is 3.96. The summed E-state index contributed by atoms with van der Waals surface area (Å²) in [7, 11) is 1.85. The van der Waals surface area contributed by atoms with E-state index in [1.807, 2.05) is 11.9 Å². The first-order valence-corrected chi connectivity index (χ1v) is 5.14. The Hall–Kier alpha value is -1.16. The Morgan fingerprint density at radius 2 is 2.27 bits per heavy atom. The van der Waals surface area contributed by atoms with E-state index in [1.54, 1.807) is 12.3 Å². The number of nitrogens with one attached hydrogen (secondary N) is 1. The smallest absolute Gasteiger partial charge is 0.164 e. The highest BCUT2D eigenvalue weighted by Crippen LogP contribution is 2.17. The van der Waals surface area contributed by atoms with Gasteiger partial charge in [-0.3, -0.25) is 4.98 Å². The Morgan fingerprint density at radius 3 is 2.80 bits per heavy atom. The number of anilines is 1. The van der Waals surface area contributed by atoms with Crippen LogP contribution in [0, 0.1) is 11.7 Å². The Labute approximate surface area is 90.3 Å². The number of hydrogen-bond acceptors (Lipinski definition) is 3. The molecule has 0 saturated heterocycles. The maximum absolute atomic E-state index is 13.5. The maximum atomic E-state index is 13.5. The Morgan fingerprint density at radius 1 is 1.53 bits per heavy atom. The lowest BCUT2D eigenvalue weighted by Gasteiger charge is -2.26. The minimum atomic E-state index is -0.270. The van der Waals surface area contributed by atoms with Crippen molar-refractivity contribution in [3.8, 4) is 0 Å². The molecule has 0 amide bonds. The van der Waals surface area contributed by atoms with Gasteiger partial charge in [-0.1, -0.05) is 13.8 Å². The van der Waals surface area contributed by atoms with Crippen LogP contribution in [0.15, 0.2) is 18.5 Å². The first kappa shape index (κ1) is 11.9. The van der Waals surface area contributed by atoms with Crippen LogP contribution in [-0.2, 0) is 0 Å². The average molecular weight is 211 g/mol. The van der Waals surface area contributed by atoms with E-state index in [-0.39, 0.29) is 5.82 Å². The molecule has 15 heavy (non-hydrogen) atoms. The number of pyridine rings is 1. The van der Waals surface area contributed by atoms with Gasteiger partial charge in [-0.2, -0.15) is 0 Å². The molecule has 0 spiro atoms. The van der Waals surface area contributed by atoms with Crippen LogP contribution >= 0.6 is 0 Å². The molecule has 0 fully saturated rings. The zero-order valence-corrected chi connectivity index (χ0v) is 9.50. The molecular formula is C11H18FN3. The summed E-state index contributed by atoms with van der Waals surface area (Å²) in [6.45, 7) is 5.68. The number of nitrogens with zero attached hydrogens (tertiary/aromatic N) is 2. The first-order chi connectivity index (χ1) is 7.15. The van der Waals surface area contributed by atoms with Crippen LogP contribution in [0.5, 0.6) is 0 Å². The molecule has 1 aromatic rings. The van der Waals surface area contributed by atoms with E-state index >= 15 is 0 Å². The Kier molecular flexibility index (Phi) is 4.49. The molecule has 0 radical (unpaired) electrons. The SMILES string of the molecule is CNCN(CC(C)C)c1ccncc1F. The van der Waals surface area contributed by atoms with Crippen LogP contribution < -0.4 is 10.2 Å². The highest BCUT2D eigenvalue weighted by molar-refractivity contribution is 5.45. The lowest BCUT2D eigenvalue weighted by molar-refractivity contribution is 0.565. The van der Waals surface area contributed by atoms with Gasteiger partial charge in [-0.15, -0.1) is 0 Å². The van der Waals surface area contributed by atoms with Crippen LogP contribution in [0.3, 0.4) is 0 Å². The molecule has 1 rings (SSSR count). The molecule has 0 atom stereocenters. The summed E-state index contributed by atoms with van der Waals surface area (Å²) < 4.78 is 13.5. The van der Waals surface area contributed by atoms with Crippen molar-refractivity contribution in [2.45, 2.75) is 13.8 Å². The van der Waals surface area contributed by atoms with Crippen LogP contribution in [0.1, 0.15) is 13.8 Å². The van der Waals surface area contributed by atoms with Gasteiger partial charge >= 0.3 is 0 Å². The second kappa shape index (κ2) is 5.66. The fraction of sp³-hybridized carbons (Fsp3) is 0.545. The van der Waals surface area contributed by atoms with E-state index in [0.717, 1.165) is 6.54 Å². The summed E-state index contributed by atoms with van der Waals surface area (Å²) in [5.41, 5.74) is 0.605. The van der Waals surface area contributed by atoms with Gasteiger partial charge in [0.05, 0.1) is 18.6 Å². The molecule has 1 N–H and O–H groups in total. The summed E-state index contributed by atoms with van der Waals surface area (Å²) in [5.74, 6) is 0.222. The van der Waals surface area contributed by atoms with Gasteiger partial charge in [0.25, 0.3) is 0 Å². The highest BCUT2D eigenvalue weighted by Gasteiger charge is 2.11. The van der Waals surface area contributed by atoms with E-state index in [0.29, 0.717) is 18.3 Å². The standard InChI is InChI=1S/C11H18FN3/c1-9(2)7-15(8-13-3)11-4-5-14-6-10(11)12/h4-6,9,13H,7-8H2,1-3H3. The molecular weight excluding hydrogens is 193 g/mol. The fourth-order valence-electron chi connectivity index (χ4n) is 1.50. The number of aromatic nitrogens is 1. The first-order valence-electron chi connectivity index (χ1n) is 5.14. The molecule has 1 aromatic heterocycles. The number of halogens is 1. The van der Waals surface area contributed by atoms with Gasteiger partial charge < -0.3 is 10.2 Å². The molecule has 0 aliphatic rings. The molecule has 1 heterocycles. The third-order valence-electron chi connectivity index (χ3n) is 2.03. The summed E-state index contributed by atoms with van der Waals surface area (Å²) in [4.78, 5) is 5.72. The van der Waals surface area contributed by atoms with Crippen molar-refractivity contribution in [2.75, 3.05) is 25.2 Å². The normalized spacial score (nSPS) is 10.7.